The number of piperidine rings is 1. The van der Waals surface area contributed by atoms with Gasteiger partial charge in [-0.25, -0.2) is 4.79 Å². The van der Waals surface area contributed by atoms with Gasteiger partial charge in [-0.15, -0.1) is 0 Å². The molecule has 1 aromatic rings. The highest BCUT2D eigenvalue weighted by molar-refractivity contribution is 5.93. The minimum Gasteiger partial charge on any atom is -0.453 e. The molecule has 0 aromatic heterocycles. The molecule has 6 heteroatoms. The average Bonchev–Trinajstić information content (AvgIpc) is 2.48. The van der Waals surface area contributed by atoms with Crippen LogP contribution in [-0.2, 0) is 9.53 Å². The molecule has 1 aromatic carbocycles. The molecule has 1 aliphatic heterocycles. The van der Waals surface area contributed by atoms with Crippen molar-refractivity contribution in [2.24, 2.45) is 5.92 Å². The Bertz CT molecular complexity index is 484. The number of benzene rings is 1. The van der Waals surface area contributed by atoms with Crippen molar-refractivity contribution >= 4 is 23.4 Å². The van der Waals surface area contributed by atoms with Gasteiger partial charge in [-0.3, -0.25) is 10.1 Å². The molecule has 0 aliphatic carbocycles. The molecule has 20 heavy (non-hydrogen) atoms. The molecule has 0 atom stereocenters. The molecule has 0 saturated carbocycles. The van der Waals surface area contributed by atoms with Crippen molar-refractivity contribution in [1.82, 2.24) is 5.32 Å². The van der Waals surface area contributed by atoms with Crippen LogP contribution in [0.25, 0.3) is 0 Å². The van der Waals surface area contributed by atoms with Crippen molar-refractivity contribution < 1.29 is 14.3 Å². The highest BCUT2D eigenvalue weighted by atomic mass is 16.5. The van der Waals surface area contributed by atoms with E-state index in [2.05, 4.69) is 20.7 Å². The second-order valence-electron chi connectivity index (χ2n) is 4.71. The smallest absolute Gasteiger partial charge is 0.411 e. The lowest BCUT2D eigenvalue weighted by Crippen LogP contribution is -2.34. The number of carbonyl (C=O) groups excluding carboxylic acids is 2. The van der Waals surface area contributed by atoms with E-state index in [-0.39, 0.29) is 11.8 Å². The predicted octanol–water partition coefficient (Wildman–Crippen LogP) is 1.80. The summed E-state index contributed by atoms with van der Waals surface area (Å²) in [5, 5.41) is 8.68. The second kappa shape index (κ2) is 6.91. The summed E-state index contributed by atoms with van der Waals surface area (Å²) in [4.78, 5) is 23.2. The Morgan fingerprint density at radius 2 is 1.85 bits per heavy atom. The molecule has 0 spiro atoms. The first-order valence-corrected chi connectivity index (χ1v) is 6.65. The van der Waals surface area contributed by atoms with Crippen LogP contribution in [-0.4, -0.2) is 32.2 Å². The number of hydrogen-bond acceptors (Lipinski definition) is 4. The van der Waals surface area contributed by atoms with Crippen LogP contribution in [0.2, 0.25) is 0 Å². The summed E-state index contributed by atoms with van der Waals surface area (Å²) in [5.74, 6) is 0.0789. The van der Waals surface area contributed by atoms with Crippen LogP contribution in [0.3, 0.4) is 0 Å². The molecule has 1 saturated heterocycles. The fraction of sp³-hybridized carbons (Fsp3) is 0.429. The molecule has 0 bridgehead atoms. The summed E-state index contributed by atoms with van der Waals surface area (Å²) in [6, 6.07) is 7.00. The Kier molecular flexibility index (Phi) is 4.95. The van der Waals surface area contributed by atoms with Crippen LogP contribution < -0.4 is 16.0 Å². The summed E-state index contributed by atoms with van der Waals surface area (Å²) in [6.45, 7) is 1.75. The van der Waals surface area contributed by atoms with E-state index in [0.29, 0.717) is 11.4 Å². The Hall–Kier alpha value is -2.08. The number of methoxy groups -OCH3 is 1. The summed E-state index contributed by atoms with van der Waals surface area (Å²) in [6.07, 6.45) is 1.17. The standard InChI is InChI=1S/C14H19N3O3/c1-20-14(19)17-12-4-2-3-11(9-12)16-13(18)10-5-7-15-8-6-10/h2-4,9-10,15H,5-8H2,1H3,(H,16,18)(H,17,19). The fourth-order valence-corrected chi connectivity index (χ4v) is 2.17. The topological polar surface area (TPSA) is 79.5 Å². The van der Waals surface area contributed by atoms with Gasteiger partial charge < -0.3 is 15.4 Å². The van der Waals surface area contributed by atoms with Crippen LogP contribution in [0, 0.1) is 5.92 Å². The fourth-order valence-electron chi connectivity index (χ4n) is 2.17. The zero-order valence-electron chi connectivity index (χ0n) is 11.4. The third-order valence-electron chi connectivity index (χ3n) is 3.27. The molecule has 108 valence electrons. The molecule has 1 fully saturated rings. The highest BCUT2D eigenvalue weighted by Gasteiger charge is 2.20. The molecule has 0 radical (unpaired) electrons. The van der Waals surface area contributed by atoms with Crippen molar-refractivity contribution in [1.29, 1.82) is 0 Å². The largest absolute Gasteiger partial charge is 0.453 e. The van der Waals surface area contributed by atoms with Gasteiger partial charge in [0.25, 0.3) is 0 Å². The van der Waals surface area contributed by atoms with E-state index in [9.17, 15) is 9.59 Å². The van der Waals surface area contributed by atoms with Crippen molar-refractivity contribution in [2.45, 2.75) is 12.8 Å². The van der Waals surface area contributed by atoms with Crippen LogP contribution in [0.15, 0.2) is 24.3 Å². The van der Waals surface area contributed by atoms with Crippen molar-refractivity contribution in [3.8, 4) is 0 Å². The normalized spacial score (nSPS) is 15.4. The Labute approximate surface area is 117 Å². The first-order chi connectivity index (χ1) is 9.69. The first-order valence-electron chi connectivity index (χ1n) is 6.65. The summed E-state index contributed by atoms with van der Waals surface area (Å²) >= 11 is 0. The van der Waals surface area contributed by atoms with E-state index in [1.165, 1.54) is 7.11 Å². The van der Waals surface area contributed by atoms with E-state index in [0.717, 1.165) is 25.9 Å². The summed E-state index contributed by atoms with van der Waals surface area (Å²) in [7, 11) is 1.30. The van der Waals surface area contributed by atoms with Gasteiger partial charge in [-0.2, -0.15) is 0 Å². The zero-order valence-corrected chi connectivity index (χ0v) is 11.4. The van der Waals surface area contributed by atoms with Crippen LogP contribution >= 0.6 is 0 Å². The molecule has 0 unspecified atom stereocenters. The van der Waals surface area contributed by atoms with E-state index >= 15 is 0 Å². The van der Waals surface area contributed by atoms with E-state index in [1.54, 1.807) is 24.3 Å². The Morgan fingerprint density at radius 1 is 1.20 bits per heavy atom. The summed E-state index contributed by atoms with van der Waals surface area (Å²) in [5.41, 5.74) is 1.25. The second-order valence-corrected chi connectivity index (χ2v) is 4.71. The minimum atomic E-state index is -0.535. The van der Waals surface area contributed by atoms with Crippen molar-refractivity contribution in [2.75, 3.05) is 30.8 Å². The number of hydrogen-bond donors (Lipinski definition) is 3. The third-order valence-corrected chi connectivity index (χ3v) is 3.27. The SMILES string of the molecule is COC(=O)Nc1cccc(NC(=O)C2CCNCC2)c1. The molecular weight excluding hydrogens is 258 g/mol. The maximum absolute atomic E-state index is 12.1. The molecule has 2 amide bonds. The minimum absolute atomic E-state index is 0.0294. The highest BCUT2D eigenvalue weighted by Crippen LogP contribution is 2.18. The number of ether oxygens (including phenoxy) is 1. The zero-order chi connectivity index (χ0) is 14.4. The van der Waals surface area contributed by atoms with Gasteiger partial charge >= 0.3 is 6.09 Å². The molecule has 3 N–H and O–H groups in total. The van der Waals surface area contributed by atoms with Gasteiger partial charge in [0.1, 0.15) is 0 Å². The first kappa shape index (κ1) is 14.3. The van der Waals surface area contributed by atoms with E-state index in [4.69, 9.17) is 0 Å². The number of anilines is 2. The van der Waals surface area contributed by atoms with Crippen molar-refractivity contribution in [3.05, 3.63) is 24.3 Å². The van der Waals surface area contributed by atoms with Crippen LogP contribution in [0.1, 0.15) is 12.8 Å². The lowest BCUT2D eigenvalue weighted by Gasteiger charge is -2.21. The number of amides is 2. The van der Waals surface area contributed by atoms with Gasteiger partial charge in [0, 0.05) is 17.3 Å². The van der Waals surface area contributed by atoms with Gasteiger partial charge in [0.05, 0.1) is 7.11 Å². The summed E-state index contributed by atoms with van der Waals surface area (Å²) < 4.78 is 4.53. The van der Waals surface area contributed by atoms with Crippen LogP contribution in [0.4, 0.5) is 16.2 Å². The monoisotopic (exact) mass is 277 g/mol. The van der Waals surface area contributed by atoms with Gasteiger partial charge in [0.15, 0.2) is 0 Å². The molecule has 1 aliphatic rings. The Morgan fingerprint density at radius 3 is 2.50 bits per heavy atom. The molecule has 1 heterocycles. The molecule has 2 rings (SSSR count). The van der Waals surface area contributed by atoms with E-state index in [1.807, 2.05) is 0 Å². The van der Waals surface area contributed by atoms with Gasteiger partial charge in [-0.1, -0.05) is 6.07 Å². The predicted molar refractivity (Wildman–Crippen MR) is 76.7 cm³/mol. The molecular formula is C14H19N3O3. The Balaban J connectivity index is 1.96. The lowest BCUT2D eigenvalue weighted by atomic mass is 9.97. The quantitative estimate of drug-likeness (QED) is 0.787. The third kappa shape index (κ3) is 3.96. The van der Waals surface area contributed by atoms with Gasteiger partial charge in [0.2, 0.25) is 5.91 Å². The maximum atomic E-state index is 12.1. The van der Waals surface area contributed by atoms with E-state index < -0.39 is 6.09 Å². The van der Waals surface area contributed by atoms with Crippen LogP contribution in [0.5, 0.6) is 0 Å². The number of rotatable bonds is 3. The lowest BCUT2D eigenvalue weighted by molar-refractivity contribution is -0.120. The number of nitrogens with one attached hydrogen (secondary N) is 3. The van der Waals surface area contributed by atoms with Crippen molar-refractivity contribution in [3.63, 3.8) is 0 Å². The van der Waals surface area contributed by atoms with Gasteiger partial charge in [-0.05, 0) is 44.1 Å². The molecule has 6 nitrogen and oxygen atoms in total. The maximum Gasteiger partial charge on any atom is 0.411 e. The average molecular weight is 277 g/mol. The number of carbonyl (C=O) groups is 2.